The minimum Gasteiger partial charge on any atom is -0.496 e. The van der Waals surface area contributed by atoms with Gasteiger partial charge >= 0.3 is 11.8 Å². The summed E-state index contributed by atoms with van der Waals surface area (Å²) in [6.07, 6.45) is 1.42. The molecule has 0 aromatic heterocycles. The maximum Gasteiger partial charge on any atom is 0.329 e. The predicted molar refractivity (Wildman–Crippen MR) is 76.6 cm³/mol. The van der Waals surface area contributed by atoms with Gasteiger partial charge in [0.05, 0.1) is 13.3 Å². The molecule has 1 aromatic carbocycles. The van der Waals surface area contributed by atoms with E-state index in [0.29, 0.717) is 17.9 Å². The number of benzene rings is 1. The molecule has 6 heteroatoms. The summed E-state index contributed by atoms with van der Waals surface area (Å²) in [4.78, 5) is 22.8. The first-order chi connectivity index (χ1) is 9.54. The van der Waals surface area contributed by atoms with E-state index in [1.54, 1.807) is 19.2 Å². The Balaban J connectivity index is 2.51. The van der Waals surface area contributed by atoms with Crippen molar-refractivity contribution < 1.29 is 14.3 Å². The summed E-state index contributed by atoms with van der Waals surface area (Å²) in [6, 6.07) is 7.21. The minimum absolute atomic E-state index is 0.281. The zero-order valence-corrected chi connectivity index (χ0v) is 11.8. The largest absolute Gasteiger partial charge is 0.496 e. The summed E-state index contributed by atoms with van der Waals surface area (Å²) < 4.78 is 5.13. The van der Waals surface area contributed by atoms with Gasteiger partial charge in [-0.05, 0) is 18.1 Å². The Hall–Kier alpha value is -2.37. The molecule has 0 bridgehead atoms. The molecule has 0 saturated carbocycles. The smallest absolute Gasteiger partial charge is 0.329 e. The third kappa shape index (κ3) is 5.09. The van der Waals surface area contributed by atoms with Crippen LogP contribution in [0.3, 0.4) is 0 Å². The van der Waals surface area contributed by atoms with Crippen LogP contribution in [0.2, 0.25) is 0 Å². The minimum atomic E-state index is -0.795. The van der Waals surface area contributed by atoms with Gasteiger partial charge in [-0.25, -0.2) is 5.43 Å². The Morgan fingerprint density at radius 1 is 1.30 bits per heavy atom. The maximum absolute atomic E-state index is 11.4. The number of amides is 2. The van der Waals surface area contributed by atoms with Crippen molar-refractivity contribution >= 4 is 18.0 Å². The van der Waals surface area contributed by atoms with Crippen molar-refractivity contribution in [2.45, 2.75) is 13.8 Å². The standard InChI is InChI=1S/C14H19N3O3/c1-10(2)8-15-13(18)14(19)17-16-9-11-6-4-5-7-12(11)20-3/h4-7,9-10H,8H2,1-3H3,(H,15,18)(H,17,19)/b16-9+. The van der Waals surface area contributed by atoms with Crippen molar-refractivity contribution in [3.05, 3.63) is 29.8 Å². The van der Waals surface area contributed by atoms with Gasteiger partial charge in [0.25, 0.3) is 0 Å². The average Bonchev–Trinajstić information content (AvgIpc) is 2.45. The summed E-state index contributed by atoms with van der Waals surface area (Å²) in [5.74, 6) is -0.578. The number of hydrogen-bond donors (Lipinski definition) is 2. The van der Waals surface area contributed by atoms with Crippen LogP contribution in [0, 0.1) is 5.92 Å². The maximum atomic E-state index is 11.4. The SMILES string of the molecule is COc1ccccc1/C=N/NC(=O)C(=O)NCC(C)C. The van der Waals surface area contributed by atoms with E-state index in [1.807, 2.05) is 26.0 Å². The Kier molecular flexibility index (Phi) is 6.22. The van der Waals surface area contributed by atoms with Crippen LogP contribution in [0.15, 0.2) is 29.4 Å². The molecule has 0 unspecified atom stereocenters. The lowest BCUT2D eigenvalue weighted by atomic mass is 10.2. The number of hydrazone groups is 1. The molecule has 0 fully saturated rings. The highest BCUT2D eigenvalue weighted by atomic mass is 16.5. The first kappa shape index (κ1) is 15.7. The number of para-hydroxylation sites is 1. The molecule has 0 atom stereocenters. The number of ether oxygens (including phenoxy) is 1. The normalized spacial score (nSPS) is 10.6. The lowest BCUT2D eigenvalue weighted by molar-refractivity contribution is -0.139. The summed E-state index contributed by atoms with van der Waals surface area (Å²) in [7, 11) is 1.55. The summed E-state index contributed by atoms with van der Waals surface area (Å²) in [5, 5.41) is 6.24. The van der Waals surface area contributed by atoms with E-state index < -0.39 is 11.8 Å². The van der Waals surface area contributed by atoms with Gasteiger partial charge in [0, 0.05) is 12.1 Å². The van der Waals surface area contributed by atoms with Crippen LogP contribution in [-0.2, 0) is 9.59 Å². The lowest BCUT2D eigenvalue weighted by Gasteiger charge is -2.06. The summed E-state index contributed by atoms with van der Waals surface area (Å²) in [6.45, 7) is 4.33. The third-order valence-electron chi connectivity index (χ3n) is 2.39. The molecule has 108 valence electrons. The van der Waals surface area contributed by atoms with Crippen LogP contribution >= 0.6 is 0 Å². The monoisotopic (exact) mass is 277 g/mol. The van der Waals surface area contributed by atoms with Crippen molar-refractivity contribution in [3.8, 4) is 5.75 Å². The highest BCUT2D eigenvalue weighted by Gasteiger charge is 2.12. The Morgan fingerprint density at radius 2 is 2.00 bits per heavy atom. The molecule has 0 radical (unpaired) electrons. The van der Waals surface area contributed by atoms with Gasteiger partial charge in [0.2, 0.25) is 0 Å². The lowest BCUT2D eigenvalue weighted by Crippen LogP contribution is -2.39. The topological polar surface area (TPSA) is 79.8 Å². The summed E-state index contributed by atoms with van der Waals surface area (Å²) in [5.41, 5.74) is 2.88. The second kappa shape index (κ2) is 7.93. The zero-order valence-electron chi connectivity index (χ0n) is 11.8. The van der Waals surface area contributed by atoms with Crippen molar-refractivity contribution in [3.63, 3.8) is 0 Å². The van der Waals surface area contributed by atoms with Gasteiger partial charge in [-0.2, -0.15) is 5.10 Å². The first-order valence-corrected chi connectivity index (χ1v) is 6.28. The molecule has 2 N–H and O–H groups in total. The highest BCUT2D eigenvalue weighted by molar-refractivity contribution is 6.35. The van der Waals surface area contributed by atoms with Crippen LogP contribution in [-0.4, -0.2) is 31.7 Å². The van der Waals surface area contributed by atoms with Crippen LogP contribution in [0.5, 0.6) is 5.75 Å². The van der Waals surface area contributed by atoms with E-state index in [2.05, 4.69) is 15.8 Å². The first-order valence-electron chi connectivity index (χ1n) is 6.28. The molecular weight excluding hydrogens is 258 g/mol. The summed E-state index contributed by atoms with van der Waals surface area (Å²) >= 11 is 0. The van der Waals surface area contributed by atoms with Gasteiger partial charge in [0.15, 0.2) is 0 Å². The van der Waals surface area contributed by atoms with Crippen LogP contribution in [0.1, 0.15) is 19.4 Å². The van der Waals surface area contributed by atoms with E-state index in [1.165, 1.54) is 6.21 Å². The Labute approximate surface area is 118 Å². The second-order valence-corrected chi connectivity index (χ2v) is 4.54. The average molecular weight is 277 g/mol. The Morgan fingerprint density at radius 3 is 2.65 bits per heavy atom. The third-order valence-corrected chi connectivity index (χ3v) is 2.39. The molecule has 0 aliphatic rings. The van der Waals surface area contributed by atoms with E-state index in [-0.39, 0.29) is 5.92 Å². The molecule has 0 aliphatic carbocycles. The number of carbonyl (C=O) groups excluding carboxylic acids is 2. The molecule has 0 aliphatic heterocycles. The number of carbonyl (C=O) groups is 2. The molecule has 6 nitrogen and oxygen atoms in total. The number of hydrogen-bond acceptors (Lipinski definition) is 4. The van der Waals surface area contributed by atoms with Gasteiger partial charge in [-0.3, -0.25) is 9.59 Å². The molecular formula is C14H19N3O3. The molecule has 0 spiro atoms. The predicted octanol–water partition coefficient (Wildman–Crippen LogP) is 0.917. The van der Waals surface area contributed by atoms with Crippen LogP contribution in [0.4, 0.5) is 0 Å². The molecule has 20 heavy (non-hydrogen) atoms. The highest BCUT2D eigenvalue weighted by Crippen LogP contribution is 2.14. The van der Waals surface area contributed by atoms with Crippen molar-refractivity contribution in [1.82, 2.24) is 10.7 Å². The number of nitrogens with zero attached hydrogens (tertiary/aromatic N) is 1. The number of nitrogens with one attached hydrogen (secondary N) is 2. The molecule has 2 amide bonds. The fourth-order valence-electron chi connectivity index (χ4n) is 1.36. The number of rotatable bonds is 5. The van der Waals surface area contributed by atoms with Crippen molar-refractivity contribution in [2.24, 2.45) is 11.0 Å². The molecule has 0 saturated heterocycles. The Bertz CT molecular complexity index is 498. The fraction of sp³-hybridized carbons (Fsp3) is 0.357. The fourth-order valence-corrected chi connectivity index (χ4v) is 1.36. The van der Waals surface area contributed by atoms with E-state index in [4.69, 9.17) is 4.74 Å². The number of methoxy groups -OCH3 is 1. The van der Waals surface area contributed by atoms with Gasteiger partial charge in [-0.15, -0.1) is 0 Å². The van der Waals surface area contributed by atoms with Crippen molar-refractivity contribution in [2.75, 3.05) is 13.7 Å². The second-order valence-electron chi connectivity index (χ2n) is 4.54. The van der Waals surface area contributed by atoms with Gasteiger partial charge in [0.1, 0.15) is 5.75 Å². The van der Waals surface area contributed by atoms with Crippen molar-refractivity contribution in [1.29, 1.82) is 0 Å². The van der Waals surface area contributed by atoms with Gasteiger partial charge in [-0.1, -0.05) is 26.0 Å². The van der Waals surface area contributed by atoms with E-state index in [0.717, 1.165) is 0 Å². The van der Waals surface area contributed by atoms with E-state index >= 15 is 0 Å². The van der Waals surface area contributed by atoms with E-state index in [9.17, 15) is 9.59 Å². The quantitative estimate of drug-likeness (QED) is 0.477. The van der Waals surface area contributed by atoms with Crippen LogP contribution < -0.4 is 15.5 Å². The molecule has 0 heterocycles. The molecule has 1 aromatic rings. The van der Waals surface area contributed by atoms with Crippen LogP contribution in [0.25, 0.3) is 0 Å². The molecule has 1 rings (SSSR count). The van der Waals surface area contributed by atoms with Gasteiger partial charge < -0.3 is 10.1 Å². The zero-order chi connectivity index (χ0) is 15.0.